The Labute approximate surface area is 140 Å². The molecule has 7 heteroatoms. The molecule has 1 aliphatic rings. The van der Waals surface area contributed by atoms with Gasteiger partial charge in [-0.25, -0.2) is 0 Å². The van der Waals surface area contributed by atoms with Crippen molar-refractivity contribution >= 4 is 17.8 Å². The Kier molecular flexibility index (Phi) is 6.17. The topological polar surface area (TPSA) is 105 Å². The first-order chi connectivity index (χ1) is 11.5. The van der Waals surface area contributed by atoms with E-state index in [1.54, 1.807) is 12.1 Å². The quantitative estimate of drug-likeness (QED) is 0.706. The molecule has 130 valence electrons. The standard InChI is InChI=1S/C17H22N2O5/c1-11-6-2-5-9-14(11)24-10-15(20)18-19-16(21)12-7-3-4-8-13(12)17(22)23/h2,5-6,9,12-13H,3-4,7-8,10H2,1H3,(H,18,20)(H,19,21)(H,22,23)/t12-,13+/m1/s1. The van der Waals surface area contributed by atoms with Gasteiger partial charge in [-0.15, -0.1) is 0 Å². The summed E-state index contributed by atoms with van der Waals surface area (Å²) in [5.41, 5.74) is 5.48. The van der Waals surface area contributed by atoms with E-state index < -0.39 is 29.6 Å². The summed E-state index contributed by atoms with van der Waals surface area (Å²) < 4.78 is 5.38. The lowest BCUT2D eigenvalue weighted by atomic mass is 9.79. The predicted molar refractivity (Wildman–Crippen MR) is 86.0 cm³/mol. The number of carboxylic acid groups (broad SMARTS) is 1. The number of carbonyl (C=O) groups excluding carboxylic acids is 2. The smallest absolute Gasteiger partial charge is 0.307 e. The normalized spacial score (nSPS) is 20.0. The van der Waals surface area contributed by atoms with Crippen molar-refractivity contribution in [1.82, 2.24) is 10.9 Å². The number of hydrogen-bond donors (Lipinski definition) is 3. The Bertz CT molecular complexity index is 617. The average molecular weight is 334 g/mol. The number of aliphatic carboxylic acids is 1. The Morgan fingerprint density at radius 3 is 2.46 bits per heavy atom. The van der Waals surface area contributed by atoms with E-state index in [4.69, 9.17) is 4.74 Å². The van der Waals surface area contributed by atoms with Crippen LogP contribution in [0.3, 0.4) is 0 Å². The van der Waals surface area contributed by atoms with Gasteiger partial charge in [-0.3, -0.25) is 25.2 Å². The van der Waals surface area contributed by atoms with Gasteiger partial charge in [-0.1, -0.05) is 31.0 Å². The van der Waals surface area contributed by atoms with Crippen LogP contribution in [0.1, 0.15) is 31.2 Å². The third-order valence-corrected chi connectivity index (χ3v) is 4.20. The molecule has 2 amide bonds. The molecule has 2 atom stereocenters. The Morgan fingerprint density at radius 2 is 1.79 bits per heavy atom. The molecular formula is C17H22N2O5. The second kappa shape index (κ2) is 8.33. The van der Waals surface area contributed by atoms with Gasteiger partial charge in [0.1, 0.15) is 5.75 Å². The highest BCUT2D eigenvalue weighted by Gasteiger charge is 2.35. The molecule has 0 aromatic heterocycles. The van der Waals surface area contributed by atoms with Crippen molar-refractivity contribution in [3.8, 4) is 5.75 Å². The van der Waals surface area contributed by atoms with Crippen LogP contribution in [-0.2, 0) is 14.4 Å². The van der Waals surface area contributed by atoms with Crippen molar-refractivity contribution in [3.05, 3.63) is 29.8 Å². The molecule has 0 unspecified atom stereocenters. The number of nitrogens with one attached hydrogen (secondary N) is 2. The minimum Gasteiger partial charge on any atom is -0.483 e. The van der Waals surface area contributed by atoms with Crippen molar-refractivity contribution in [2.75, 3.05) is 6.61 Å². The maximum absolute atomic E-state index is 12.1. The summed E-state index contributed by atoms with van der Waals surface area (Å²) in [4.78, 5) is 35.1. The molecular weight excluding hydrogens is 312 g/mol. The van der Waals surface area contributed by atoms with Gasteiger partial charge >= 0.3 is 5.97 Å². The largest absolute Gasteiger partial charge is 0.483 e. The molecule has 1 aromatic carbocycles. The van der Waals surface area contributed by atoms with Crippen LogP contribution in [0, 0.1) is 18.8 Å². The highest BCUT2D eigenvalue weighted by molar-refractivity contribution is 5.87. The average Bonchev–Trinajstić information content (AvgIpc) is 2.59. The van der Waals surface area contributed by atoms with Crippen LogP contribution in [0.5, 0.6) is 5.75 Å². The molecule has 1 fully saturated rings. The summed E-state index contributed by atoms with van der Waals surface area (Å²) in [5.74, 6) is -2.66. The second-order valence-corrected chi connectivity index (χ2v) is 5.93. The van der Waals surface area contributed by atoms with Gasteiger partial charge in [0.15, 0.2) is 6.61 Å². The predicted octanol–water partition coefficient (Wildman–Crippen LogP) is 1.41. The number of aryl methyl sites for hydroxylation is 1. The van der Waals surface area contributed by atoms with Crippen LogP contribution in [0.25, 0.3) is 0 Å². The van der Waals surface area contributed by atoms with Crippen LogP contribution in [0.15, 0.2) is 24.3 Å². The fourth-order valence-corrected chi connectivity index (χ4v) is 2.86. The fourth-order valence-electron chi connectivity index (χ4n) is 2.86. The van der Waals surface area contributed by atoms with Crippen LogP contribution in [0.4, 0.5) is 0 Å². The molecule has 0 spiro atoms. The van der Waals surface area contributed by atoms with E-state index in [2.05, 4.69) is 10.9 Å². The minimum atomic E-state index is -0.968. The number of rotatable bonds is 5. The van der Waals surface area contributed by atoms with Crippen molar-refractivity contribution in [2.45, 2.75) is 32.6 Å². The lowest BCUT2D eigenvalue weighted by Crippen LogP contribution is -2.49. The monoisotopic (exact) mass is 334 g/mol. The number of amides is 2. The molecule has 7 nitrogen and oxygen atoms in total. The van der Waals surface area contributed by atoms with E-state index in [-0.39, 0.29) is 6.61 Å². The maximum atomic E-state index is 12.1. The van der Waals surface area contributed by atoms with Crippen molar-refractivity contribution in [2.24, 2.45) is 11.8 Å². The second-order valence-electron chi connectivity index (χ2n) is 5.93. The van der Waals surface area contributed by atoms with Crippen molar-refractivity contribution < 1.29 is 24.2 Å². The minimum absolute atomic E-state index is 0.238. The number of hydrazine groups is 1. The van der Waals surface area contributed by atoms with Crippen molar-refractivity contribution in [1.29, 1.82) is 0 Å². The van der Waals surface area contributed by atoms with E-state index in [1.807, 2.05) is 19.1 Å². The number of hydrogen-bond acceptors (Lipinski definition) is 4. The molecule has 1 saturated carbocycles. The summed E-state index contributed by atoms with van der Waals surface area (Å²) in [6.45, 7) is 1.63. The number of carboxylic acids is 1. The van der Waals surface area contributed by atoms with E-state index in [0.717, 1.165) is 18.4 Å². The van der Waals surface area contributed by atoms with E-state index in [9.17, 15) is 19.5 Å². The van der Waals surface area contributed by atoms with Crippen LogP contribution < -0.4 is 15.6 Å². The summed E-state index contributed by atoms with van der Waals surface area (Å²) in [7, 11) is 0. The summed E-state index contributed by atoms with van der Waals surface area (Å²) in [6.07, 6.45) is 2.61. The highest BCUT2D eigenvalue weighted by Crippen LogP contribution is 2.30. The fraction of sp³-hybridized carbons (Fsp3) is 0.471. The molecule has 3 N–H and O–H groups in total. The maximum Gasteiger partial charge on any atom is 0.307 e. The third-order valence-electron chi connectivity index (χ3n) is 4.20. The van der Waals surface area contributed by atoms with Crippen molar-refractivity contribution in [3.63, 3.8) is 0 Å². The number of benzene rings is 1. The van der Waals surface area contributed by atoms with Crippen LogP contribution in [0.2, 0.25) is 0 Å². The molecule has 0 radical (unpaired) electrons. The molecule has 1 aromatic rings. The van der Waals surface area contributed by atoms with Gasteiger partial charge in [-0.2, -0.15) is 0 Å². The number of para-hydroxylation sites is 1. The van der Waals surface area contributed by atoms with Gasteiger partial charge in [0.25, 0.3) is 5.91 Å². The van der Waals surface area contributed by atoms with E-state index in [0.29, 0.717) is 18.6 Å². The Balaban J connectivity index is 1.79. The first-order valence-corrected chi connectivity index (χ1v) is 7.99. The summed E-state index contributed by atoms with van der Waals surface area (Å²) in [6, 6.07) is 7.29. The first kappa shape index (κ1) is 17.8. The zero-order valence-corrected chi connectivity index (χ0v) is 13.6. The number of carbonyl (C=O) groups is 3. The van der Waals surface area contributed by atoms with Gasteiger partial charge in [0.2, 0.25) is 5.91 Å². The summed E-state index contributed by atoms with van der Waals surface area (Å²) in [5, 5.41) is 9.18. The molecule has 0 bridgehead atoms. The van der Waals surface area contributed by atoms with Gasteiger partial charge in [0, 0.05) is 0 Å². The SMILES string of the molecule is Cc1ccccc1OCC(=O)NNC(=O)[C@@H]1CCCC[C@@H]1C(=O)O. The van der Waals surface area contributed by atoms with E-state index >= 15 is 0 Å². The Hall–Kier alpha value is -2.57. The zero-order chi connectivity index (χ0) is 17.5. The van der Waals surface area contributed by atoms with Crippen LogP contribution in [-0.4, -0.2) is 29.5 Å². The van der Waals surface area contributed by atoms with Crippen LogP contribution >= 0.6 is 0 Å². The molecule has 24 heavy (non-hydrogen) atoms. The van der Waals surface area contributed by atoms with Gasteiger partial charge < -0.3 is 9.84 Å². The summed E-state index contributed by atoms with van der Waals surface area (Å²) >= 11 is 0. The third kappa shape index (κ3) is 4.71. The highest BCUT2D eigenvalue weighted by atomic mass is 16.5. The van der Waals surface area contributed by atoms with E-state index in [1.165, 1.54) is 0 Å². The molecule has 0 heterocycles. The molecule has 0 saturated heterocycles. The number of ether oxygens (including phenoxy) is 1. The lowest BCUT2D eigenvalue weighted by Gasteiger charge is -2.27. The Morgan fingerprint density at radius 1 is 1.12 bits per heavy atom. The van der Waals surface area contributed by atoms with Gasteiger partial charge in [-0.05, 0) is 31.4 Å². The molecule has 0 aliphatic heterocycles. The lowest BCUT2D eigenvalue weighted by molar-refractivity contribution is -0.149. The molecule has 1 aliphatic carbocycles. The van der Waals surface area contributed by atoms with Gasteiger partial charge in [0.05, 0.1) is 11.8 Å². The first-order valence-electron chi connectivity index (χ1n) is 7.99. The zero-order valence-electron chi connectivity index (χ0n) is 13.6. The molecule has 2 rings (SSSR count).